The Labute approximate surface area is 88.5 Å². The molecule has 2 rings (SSSR count). The zero-order valence-electron chi connectivity index (χ0n) is 7.36. The first-order valence-corrected chi connectivity index (χ1v) is 4.43. The Morgan fingerprint density at radius 2 is 2.13 bits per heavy atom. The molecule has 0 fully saturated rings. The fraction of sp³-hybridized carbons (Fsp3) is 0. The first-order valence-electron chi connectivity index (χ1n) is 4.05. The number of aromatic amines is 1. The highest BCUT2D eigenvalue weighted by Crippen LogP contribution is 2.27. The van der Waals surface area contributed by atoms with Gasteiger partial charge in [-0.15, -0.1) is 0 Å². The molecule has 0 radical (unpaired) electrons. The van der Waals surface area contributed by atoms with Crippen LogP contribution in [0.3, 0.4) is 0 Å². The van der Waals surface area contributed by atoms with Gasteiger partial charge in [-0.1, -0.05) is 11.6 Å². The lowest BCUT2D eigenvalue weighted by atomic mass is 10.1. The maximum atomic E-state index is 11.3. The predicted octanol–water partition coefficient (Wildman–Crippen LogP) is 2.09. The largest absolute Gasteiger partial charge is 0.329 e. The van der Waals surface area contributed by atoms with E-state index in [2.05, 4.69) is 4.98 Å². The van der Waals surface area contributed by atoms with Crippen molar-refractivity contribution in [3.8, 4) is 0 Å². The third-order valence-corrected chi connectivity index (χ3v) is 2.34. The molecule has 0 saturated carbocycles. The first-order chi connectivity index (χ1) is 7.09. The number of benzene rings is 1. The van der Waals surface area contributed by atoms with E-state index >= 15 is 0 Å². The van der Waals surface area contributed by atoms with E-state index in [1.807, 2.05) is 0 Å². The molecular weight excluding hydrogens is 220 g/mol. The van der Waals surface area contributed by atoms with E-state index in [0.717, 1.165) is 0 Å². The summed E-state index contributed by atoms with van der Waals surface area (Å²) in [4.78, 5) is 23.8. The molecule has 76 valence electrons. The van der Waals surface area contributed by atoms with Gasteiger partial charge < -0.3 is 4.98 Å². The summed E-state index contributed by atoms with van der Waals surface area (Å²) >= 11 is 5.70. The zero-order valence-corrected chi connectivity index (χ0v) is 8.12. The van der Waals surface area contributed by atoms with E-state index in [1.54, 1.807) is 6.07 Å². The molecule has 1 heterocycles. The third-order valence-electron chi connectivity index (χ3n) is 2.04. The molecule has 0 saturated heterocycles. The van der Waals surface area contributed by atoms with Crippen LogP contribution in [0.5, 0.6) is 0 Å². The van der Waals surface area contributed by atoms with Crippen LogP contribution in [0.2, 0.25) is 5.02 Å². The number of fused-ring (bicyclic) bond motifs is 1. The van der Waals surface area contributed by atoms with Crippen molar-refractivity contribution < 1.29 is 4.92 Å². The maximum Gasteiger partial charge on any atom is 0.288 e. The number of H-pyrrole nitrogens is 1. The summed E-state index contributed by atoms with van der Waals surface area (Å²) < 4.78 is 0. The number of nitrogens with one attached hydrogen (secondary N) is 1. The van der Waals surface area contributed by atoms with Crippen LogP contribution in [0.4, 0.5) is 5.69 Å². The Morgan fingerprint density at radius 3 is 2.80 bits per heavy atom. The Kier molecular flexibility index (Phi) is 2.17. The smallest absolute Gasteiger partial charge is 0.288 e. The van der Waals surface area contributed by atoms with E-state index in [4.69, 9.17) is 11.6 Å². The molecule has 1 N–H and O–H groups in total. The number of hydrogen-bond acceptors (Lipinski definition) is 3. The lowest BCUT2D eigenvalue weighted by Crippen LogP contribution is -2.04. The number of halogens is 1. The minimum atomic E-state index is -0.617. The monoisotopic (exact) mass is 224 g/mol. The van der Waals surface area contributed by atoms with E-state index in [0.29, 0.717) is 5.39 Å². The molecule has 5 nitrogen and oxygen atoms in total. The van der Waals surface area contributed by atoms with Crippen LogP contribution >= 0.6 is 11.6 Å². The average molecular weight is 225 g/mol. The second kappa shape index (κ2) is 3.36. The second-order valence-electron chi connectivity index (χ2n) is 2.95. The number of aromatic nitrogens is 1. The van der Waals surface area contributed by atoms with Gasteiger partial charge in [0.1, 0.15) is 5.02 Å². The van der Waals surface area contributed by atoms with Gasteiger partial charge in [-0.3, -0.25) is 14.9 Å². The molecule has 0 aliphatic carbocycles. The van der Waals surface area contributed by atoms with Crippen molar-refractivity contribution in [2.24, 2.45) is 0 Å². The Balaban J connectivity index is 2.90. The van der Waals surface area contributed by atoms with Crippen LogP contribution < -0.4 is 5.56 Å². The lowest BCUT2D eigenvalue weighted by molar-refractivity contribution is -0.384. The fourth-order valence-corrected chi connectivity index (χ4v) is 1.58. The van der Waals surface area contributed by atoms with Crippen molar-refractivity contribution in [2.45, 2.75) is 0 Å². The number of nitrogens with zero attached hydrogens (tertiary/aromatic N) is 1. The van der Waals surface area contributed by atoms with Crippen molar-refractivity contribution >= 4 is 28.1 Å². The molecule has 0 aliphatic heterocycles. The molecule has 0 unspecified atom stereocenters. The van der Waals surface area contributed by atoms with Crippen LogP contribution in [0.15, 0.2) is 29.2 Å². The minimum Gasteiger partial charge on any atom is -0.329 e. The van der Waals surface area contributed by atoms with Crippen LogP contribution in [-0.4, -0.2) is 9.91 Å². The van der Waals surface area contributed by atoms with Crippen LogP contribution in [0.25, 0.3) is 10.8 Å². The van der Waals surface area contributed by atoms with Gasteiger partial charge in [0, 0.05) is 12.3 Å². The molecular formula is C9H5ClN2O3. The Bertz CT molecular complexity index is 606. The van der Waals surface area contributed by atoms with Crippen molar-refractivity contribution in [2.75, 3.05) is 0 Å². The number of nitro benzene ring substituents is 1. The van der Waals surface area contributed by atoms with Crippen molar-refractivity contribution in [1.82, 2.24) is 4.98 Å². The SMILES string of the molecule is O=c1[nH]ccc2cc(Cl)c([N+](=O)[O-])cc12. The van der Waals surface area contributed by atoms with Gasteiger partial charge in [-0.25, -0.2) is 0 Å². The molecule has 0 atom stereocenters. The standard InChI is InChI=1S/C9H5ClN2O3/c10-7-3-5-1-2-11-9(13)6(5)4-8(7)12(14)15/h1-4H,(H,11,13). The zero-order chi connectivity index (χ0) is 11.0. The van der Waals surface area contributed by atoms with Gasteiger partial charge in [-0.05, 0) is 17.5 Å². The van der Waals surface area contributed by atoms with Crippen molar-refractivity contribution in [3.63, 3.8) is 0 Å². The van der Waals surface area contributed by atoms with Crippen molar-refractivity contribution in [3.05, 3.63) is 49.9 Å². The predicted molar refractivity (Wildman–Crippen MR) is 56.2 cm³/mol. The van der Waals surface area contributed by atoms with Gasteiger partial charge in [0.25, 0.3) is 11.2 Å². The van der Waals surface area contributed by atoms with E-state index in [1.165, 1.54) is 18.3 Å². The Morgan fingerprint density at radius 1 is 1.40 bits per heavy atom. The van der Waals surface area contributed by atoms with E-state index in [9.17, 15) is 14.9 Å². The number of hydrogen-bond donors (Lipinski definition) is 1. The van der Waals surface area contributed by atoms with Gasteiger partial charge in [-0.2, -0.15) is 0 Å². The lowest BCUT2D eigenvalue weighted by Gasteiger charge is -1.98. The second-order valence-corrected chi connectivity index (χ2v) is 3.36. The van der Waals surface area contributed by atoms with Gasteiger partial charge in [0.2, 0.25) is 0 Å². The molecule has 0 amide bonds. The normalized spacial score (nSPS) is 10.5. The summed E-state index contributed by atoms with van der Waals surface area (Å²) in [7, 11) is 0. The average Bonchev–Trinajstić information content (AvgIpc) is 2.16. The highest BCUT2D eigenvalue weighted by atomic mass is 35.5. The van der Waals surface area contributed by atoms with Crippen LogP contribution in [-0.2, 0) is 0 Å². The van der Waals surface area contributed by atoms with Crippen LogP contribution in [0.1, 0.15) is 0 Å². The summed E-state index contributed by atoms with van der Waals surface area (Å²) in [6.45, 7) is 0. The molecule has 0 aliphatic rings. The summed E-state index contributed by atoms with van der Waals surface area (Å²) in [6.07, 6.45) is 1.47. The number of nitro groups is 1. The summed E-state index contributed by atoms with van der Waals surface area (Å²) in [5, 5.41) is 11.4. The molecule has 1 aromatic heterocycles. The summed E-state index contributed by atoms with van der Waals surface area (Å²) in [5.41, 5.74) is -0.631. The summed E-state index contributed by atoms with van der Waals surface area (Å²) in [6, 6.07) is 4.22. The maximum absolute atomic E-state index is 11.3. The molecule has 0 spiro atoms. The first kappa shape index (κ1) is 9.67. The van der Waals surface area contributed by atoms with Gasteiger partial charge in [0.05, 0.1) is 10.3 Å². The number of pyridine rings is 1. The topological polar surface area (TPSA) is 76.0 Å². The highest BCUT2D eigenvalue weighted by Gasteiger charge is 2.14. The minimum absolute atomic E-state index is 0.0260. The van der Waals surface area contributed by atoms with E-state index < -0.39 is 4.92 Å². The quantitative estimate of drug-likeness (QED) is 0.595. The molecule has 2 aromatic rings. The molecule has 15 heavy (non-hydrogen) atoms. The molecule has 6 heteroatoms. The highest BCUT2D eigenvalue weighted by molar-refractivity contribution is 6.33. The van der Waals surface area contributed by atoms with E-state index in [-0.39, 0.29) is 21.7 Å². The van der Waals surface area contributed by atoms with Gasteiger partial charge >= 0.3 is 0 Å². The van der Waals surface area contributed by atoms with Crippen LogP contribution in [0, 0.1) is 10.1 Å². The third kappa shape index (κ3) is 1.57. The Hall–Kier alpha value is -1.88. The molecule has 0 bridgehead atoms. The molecule has 1 aromatic carbocycles. The van der Waals surface area contributed by atoms with Gasteiger partial charge in [0.15, 0.2) is 0 Å². The fourth-order valence-electron chi connectivity index (χ4n) is 1.34. The van der Waals surface area contributed by atoms with Crippen molar-refractivity contribution in [1.29, 1.82) is 0 Å². The summed E-state index contributed by atoms with van der Waals surface area (Å²) in [5.74, 6) is 0. The number of rotatable bonds is 1.